The molecular weight excluding hydrogens is 585 g/mol. The van der Waals surface area contributed by atoms with Crippen molar-refractivity contribution in [3.8, 4) is 73.6 Å². The summed E-state index contributed by atoms with van der Waals surface area (Å²) in [5.74, 6) is 1.95. The third-order valence-electron chi connectivity index (χ3n) is 8.58. The lowest BCUT2D eigenvalue weighted by atomic mass is 9.96. The number of aromatic nitrogens is 3. The molecule has 0 aliphatic heterocycles. The fraction of sp³-hybridized carbons (Fsp3) is 0. The molecule has 1 aromatic heterocycles. The Morgan fingerprint density at radius 2 is 0.625 bits per heavy atom. The normalized spacial score (nSPS) is 10.9. The molecule has 8 rings (SSSR count). The van der Waals surface area contributed by atoms with Gasteiger partial charge in [-0.1, -0.05) is 146 Å². The van der Waals surface area contributed by atoms with Gasteiger partial charge in [-0.2, -0.15) is 5.26 Å². The zero-order valence-electron chi connectivity index (χ0n) is 26.0. The maximum absolute atomic E-state index is 9.10. The van der Waals surface area contributed by atoms with Crippen LogP contribution in [0.4, 0.5) is 0 Å². The first-order valence-electron chi connectivity index (χ1n) is 15.8. The van der Waals surface area contributed by atoms with Gasteiger partial charge in [-0.3, -0.25) is 0 Å². The van der Waals surface area contributed by atoms with Crippen molar-refractivity contribution in [2.75, 3.05) is 0 Å². The minimum atomic E-state index is 0.643. The van der Waals surface area contributed by atoms with Gasteiger partial charge in [-0.25, -0.2) is 15.0 Å². The van der Waals surface area contributed by atoms with Gasteiger partial charge in [0, 0.05) is 16.7 Å². The molecule has 224 valence electrons. The third kappa shape index (κ3) is 5.85. The van der Waals surface area contributed by atoms with Gasteiger partial charge in [0.15, 0.2) is 17.5 Å². The van der Waals surface area contributed by atoms with E-state index in [4.69, 9.17) is 20.2 Å². The number of nitrogens with zero attached hydrogens (tertiary/aromatic N) is 4. The van der Waals surface area contributed by atoms with Gasteiger partial charge in [0.2, 0.25) is 0 Å². The second-order valence-electron chi connectivity index (χ2n) is 11.7. The Hall–Kier alpha value is -6.70. The lowest BCUT2D eigenvalue weighted by Crippen LogP contribution is -2.00. The smallest absolute Gasteiger partial charge is 0.164 e. The zero-order valence-corrected chi connectivity index (χ0v) is 26.0. The molecule has 0 N–H and O–H groups in total. The summed E-state index contributed by atoms with van der Waals surface area (Å²) < 4.78 is 0. The van der Waals surface area contributed by atoms with Crippen LogP contribution in [-0.4, -0.2) is 15.0 Å². The predicted molar refractivity (Wildman–Crippen MR) is 195 cm³/mol. The van der Waals surface area contributed by atoms with Crippen molar-refractivity contribution in [1.82, 2.24) is 15.0 Å². The van der Waals surface area contributed by atoms with Crippen LogP contribution in [0.25, 0.3) is 78.3 Å². The van der Waals surface area contributed by atoms with E-state index < -0.39 is 0 Å². The van der Waals surface area contributed by atoms with Gasteiger partial charge >= 0.3 is 0 Å². The molecule has 4 nitrogen and oxygen atoms in total. The highest BCUT2D eigenvalue weighted by molar-refractivity contribution is 5.91. The maximum Gasteiger partial charge on any atom is 0.164 e. The number of hydrogen-bond acceptors (Lipinski definition) is 4. The summed E-state index contributed by atoms with van der Waals surface area (Å²) in [5.41, 5.74) is 10.4. The summed E-state index contributed by atoms with van der Waals surface area (Å²) in [5, 5.41) is 11.5. The Labute approximate surface area is 279 Å². The molecular formula is C44H28N4. The molecule has 0 atom stereocenters. The highest BCUT2D eigenvalue weighted by Crippen LogP contribution is 2.31. The standard InChI is InChI=1S/C44H28N4/c45-29-30-11-13-33(14-12-30)38-23-25-41-28-39(24-26-40(41)27-38)34-17-15-31(16-18-34)32-19-21-37(22-20-32)44-47-42(35-7-3-1-4-8-35)46-43(48-44)36-9-5-2-6-10-36/h1-28H. The molecule has 4 heteroatoms. The number of rotatable bonds is 6. The first kappa shape index (κ1) is 28.8. The zero-order chi connectivity index (χ0) is 32.3. The first-order valence-corrected chi connectivity index (χ1v) is 15.8. The van der Waals surface area contributed by atoms with Gasteiger partial charge in [0.25, 0.3) is 0 Å². The third-order valence-corrected chi connectivity index (χ3v) is 8.58. The SMILES string of the molecule is N#Cc1ccc(-c2ccc3cc(-c4ccc(-c5ccc(-c6nc(-c7ccccc7)nc(-c7ccccc7)n6)cc5)cc4)ccc3c2)cc1. The van der Waals surface area contributed by atoms with Crippen molar-refractivity contribution in [3.63, 3.8) is 0 Å². The molecule has 7 aromatic carbocycles. The second kappa shape index (κ2) is 12.6. The van der Waals surface area contributed by atoms with E-state index in [-0.39, 0.29) is 0 Å². The Kier molecular flexibility index (Phi) is 7.54. The van der Waals surface area contributed by atoms with Crippen LogP contribution in [0.1, 0.15) is 5.56 Å². The van der Waals surface area contributed by atoms with Crippen molar-refractivity contribution in [1.29, 1.82) is 5.26 Å². The van der Waals surface area contributed by atoms with Crippen LogP contribution in [-0.2, 0) is 0 Å². The van der Waals surface area contributed by atoms with E-state index in [2.05, 4.69) is 91.0 Å². The van der Waals surface area contributed by atoms with E-state index in [1.807, 2.05) is 84.9 Å². The summed E-state index contributed by atoms with van der Waals surface area (Å²) in [7, 11) is 0. The monoisotopic (exact) mass is 612 g/mol. The van der Waals surface area contributed by atoms with Crippen molar-refractivity contribution < 1.29 is 0 Å². The molecule has 0 amide bonds. The Morgan fingerprint density at radius 1 is 0.312 bits per heavy atom. The summed E-state index contributed by atoms with van der Waals surface area (Å²) in [4.78, 5) is 14.5. The molecule has 0 aliphatic carbocycles. The molecule has 0 saturated heterocycles. The summed E-state index contributed by atoms with van der Waals surface area (Å²) in [6.45, 7) is 0. The van der Waals surface area contributed by atoms with E-state index >= 15 is 0 Å². The van der Waals surface area contributed by atoms with Gasteiger partial charge in [0.1, 0.15) is 0 Å². The summed E-state index contributed by atoms with van der Waals surface area (Å²) >= 11 is 0. The van der Waals surface area contributed by atoms with Crippen LogP contribution < -0.4 is 0 Å². The Morgan fingerprint density at radius 3 is 1.02 bits per heavy atom. The minimum absolute atomic E-state index is 0.643. The van der Waals surface area contributed by atoms with E-state index in [1.54, 1.807) is 0 Å². The van der Waals surface area contributed by atoms with Crippen LogP contribution >= 0.6 is 0 Å². The summed E-state index contributed by atoms with van der Waals surface area (Å²) in [6, 6.07) is 60.2. The van der Waals surface area contributed by atoms with E-state index in [0.29, 0.717) is 23.0 Å². The molecule has 1 heterocycles. The fourth-order valence-corrected chi connectivity index (χ4v) is 5.95. The topological polar surface area (TPSA) is 62.5 Å². The number of nitriles is 1. The molecule has 0 aliphatic rings. The van der Waals surface area contributed by atoms with Crippen molar-refractivity contribution in [2.24, 2.45) is 0 Å². The van der Waals surface area contributed by atoms with Gasteiger partial charge in [-0.05, 0) is 68.4 Å². The van der Waals surface area contributed by atoms with Gasteiger partial charge in [0.05, 0.1) is 11.6 Å². The van der Waals surface area contributed by atoms with E-state index in [1.165, 1.54) is 21.9 Å². The highest BCUT2D eigenvalue weighted by atomic mass is 15.0. The van der Waals surface area contributed by atoms with Crippen LogP contribution in [0.2, 0.25) is 0 Å². The molecule has 0 unspecified atom stereocenters. The highest BCUT2D eigenvalue weighted by Gasteiger charge is 2.12. The van der Waals surface area contributed by atoms with Crippen LogP contribution in [0.3, 0.4) is 0 Å². The summed E-state index contributed by atoms with van der Waals surface area (Å²) in [6.07, 6.45) is 0. The average Bonchev–Trinajstić information content (AvgIpc) is 3.18. The second-order valence-corrected chi connectivity index (χ2v) is 11.7. The average molecular weight is 613 g/mol. The van der Waals surface area contributed by atoms with Crippen molar-refractivity contribution in [3.05, 3.63) is 175 Å². The van der Waals surface area contributed by atoms with E-state index in [9.17, 15) is 0 Å². The van der Waals surface area contributed by atoms with Crippen molar-refractivity contribution >= 4 is 10.8 Å². The molecule has 0 spiro atoms. The molecule has 0 radical (unpaired) electrons. The van der Waals surface area contributed by atoms with Gasteiger partial charge < -0.3 is 0 Å². The fourth-order valence-electron chi connectivity index (χ4n) is 5.95. The first-order chi connectivity index (χ1) is 23.7. The number of benzene rings is 7. The minimum Gasteiger partial charge on any atom is -0.208 e. The number of hydrogen-bond donors (Lipinski definition) is 0. The van der Waals surface area contributed by atoms with Crippen LogP contribution in [0.15, 0.2) is 170 Å². The maximum atomic E-state index is 9.10. The van der Waals surface area contributed by atoms with Crippen LogP contribution in [0.5, 0.6) is 0 Å². The Bertz CT molecular complexity index is 2350. The molecule has 8 aromatic rings. The molecule has 0 saturated carbocycles. The molecule has 0 bridgehead atoms. The lowest BCUT2D eigenvalue weighted by Gasteiger charge is -2.10. The Balaban J connectivity index is 1.05. The quantitative estimate of drug-likeness (QED) is 0.187. The van der Waals surface area contributed by atoms with Gasteiger partial charge in [-0.15, -0.1) is 0 Å². The van der Waals surface area contributed by atoms with E-state index in [0.717, 1.165) is 38.9 Å². The largest absolute Gasteiger partial charge is 0.208 e. The van der Waals surface area contributed by atoms with Crippen LogP contribution in [0, 0.1) is 11.3 Å². The number of fused-ring (bicyclic) bond motifs is 1. The predicted octanol–water partition coefficient (Wildman–Crippen LogP) is 10.9. The van der Waals surface area contributed by atoms with Crippen molar-refractivity contribution in [2.45, 2.75) is 0 Å². The molecule has 0 fully saturated rings. The lowest BCUT2D eigenvalue weighted by molar-refractivity contribution is 1.07. The molecule has 48 heavy (non-hydrogen) atoms.